The molecular weight excluding hydrogens is 380 g/mol. The van der Waals surface area contributed by atoms with Gasteiger partial charge in [0.15, 0.2) is 0 Å². The molecule has 2 aromatic rings. The fraction of sp³-hybridized carbons (Fsp3) is 0.200. The monoisotopic (exact) mass is 398 g/mol. The minimum absolute atomic E-state index is 0.0471. The van der Waals surface area contributed by atoms with E-state index < -0.39 is 28.3 Å². The van der Waals surface area contributed by atoms with E-state index in [1.54, 1.807) is 24.3 Å². The summed E-state index contributed by atoms with van der Waals surface area (Å²) >= 11 is 0.796. The van der Waals surface area contributed by atoms with Crippen LogP contribution in [0.4, 0.5) is 16.2 Å². The second-order valence-corrected chi connectivity index (χ2v) is 7.57. The van der Waals surface area contributed by atoms with Crippen molar-refractivity contribution in [2.24, 2.45) is 0 Å². The quantitative estimate of drug-likeness (QED) is 0.798. The standard InChI is InChI=1S/C20H18N2O5S/c1-11-7-8-13(9-12(11)2)22-18(24)16(28-20(22)27)10-17(23)21-15-6-4-3-5-14(15)19(25)26/h3-9,16H,10H2,1-2H3,(H,21,23)(H,25,26). The van der Waals surface area contributed by atoms with Gasteiger partial charge >= 0.3 is 5.97 Å². The molecule has 144 valence electrons. The number of rotatable bonds is 5. The summed E-state index contributed by atoms with van der Waals surface area (Å²) in [6.45, 7) is 3.82. The van der Waals surface area contributed by atoms with Crippen LogP contribution in [0.25, 0.3) is 0 Å². The minimum atomic E-state index is -1.17. The molecule has 8 heteroatoms. The maximum absolute atomic E-state index is 12.7. The van der Waals surface area contributed by atoms with E-state index in [4.69, 9.17) is 0 Å². The van der Waals surface area contributed by atoms with Gasteiger partial charge < -0.3 is 10.4 Å². The summed E-state index contributed by atoms with van der Waals surface area (Å²) in [6, 6.07) is 11.3. The lowest BCUT2D eigenvalue weighted by molar-refractivity contribution is -0.121. The minimum Gasteiger partial charge on any atom is -0.478 e. The van der Waals surface area contributed by atoms with Gasteiger partial charge in [-0.2, -0.15) is 0 Å². The fourth-order valence-electron chi connectivity index (χ4n) is 2.83. The molecule has 0 aromatic heterocycles. The van der Waals surface area contributed by atoms with Crippen molar-refractivity contribution in [2.75, 3.05) is 10.2 Å². The molecule has 1 fully saturated rings. The van der Waals surface area contributed by atoms with Crippen LogP contribution in [0.2, 0.25) is 0 Å². The van der Waals surface area contributed by atoms with Crippen molar-refractivity contribution in [2.45, 2.75) is 25.5 Å². The van der Waals surface area contributed by atoms with Crippen LogP contribution in [0.15, 0.2) is 42.5 Å². The molecule has 1 unspecified atom stereocenters. The lowest BCUT2D eigenvalue weighted by Gasteiger charge is -2.15. The number of nitrogens with one attached hydrogen (secondary N) is 1. The van der Waals surface area contributed by atoms with Crippen LogP contribution < -0.4 is 10.2 Å². The number of hydrogen-bond donors (Lipinski definition) is 2. The second-order valence-electron chi connectivity index (χ2n) is 6.42. The van der Waals surface area contributed by atoms with Gasteiger partial charge in [0.2, 0.25) is 11.8 Å². The van der Waals surface area contributed by atoms with E-state index in [9.17, 15) is 24.3 Å². The van der Waals surface area contributed by atoms with Gasteiger partial charge in [-0.15, -0.1) is 0 Å². The van der Waals surface area contributed by atoms with Crippen molar-refractivity contribution < 1.29 is 24.3 Å². The molecule has 1 atom stereocenters. The molecular formula is C20H18N2O5S. The molecule has 2 N–H and O–H groups in total. The molecule has 1 heterocycles. The first-order chi connectivity index (χ1) is 13.3. The van der Waals surface area contributed by atoms with E-state index in [1.807, 2.05) is 19.9 Å². The summed E-state index contributed by atoms with van der Waals surface area (Å²) in [5.74, 6) is -2.16. The molecule has 0 saturated carbocycles. The Balaban J connectivity index is 1.73. The zero-order valence-electron chi connectivity index (χ0n) is 15.3. The first kappa shape index (κ1) is 19.6. The van der Waals surface area contributed by atoms with Crippen molar-refractivity contribution in [1.82, 2.24) is 0 Å². The van der Waals surface area contributed by atoms with Crippen molar-refractivity contribution in [3.05, 3.63) is 59.2 Å². The zero-order chi connectivity index (χ0) is 20.4. The van der Waals surface area contributed by atoms with E-state index in [0.29, 0.717) is 5.69 Å². The maximum atomic E-state index is 12.7. The third kappa shape index (κ3) is 3.91. The van der Waals surface area contributed by atoms with Crippen LogP contribution in [-0.4, -0.2) is 33.4 Å². The van der Waals surface area contributed by atoms with Crippen molar-refractivity contribution in [3.63, 3.8) is 0 Å². The third-order valence-corrected chi connectivity index (χ3v) is 5.51. The Bertz CT molecular complexity index is 988. The summed E-state index contributed by atoms with van der Waals surface area (Å²) in [5.41, 5.74) is 2.57. The molecule has 1 saturated heterocycles. The van der Waals surface area contributed by atoms with Crippen molar-refractivity contribution >= 4 is 46.2 Å². The van der Waals surface area contributed by atoms with E-state index in [0.717, 1.165) is 27.8 Å². The largest absolute Gasteiger partial charge is 0.478 e. The Morgan fingerprint density at radius 1 is 1.11 bits per heavy atom. The highest BCUT2D eigenvalue weighted by Crippen LogP contribution is 2.34. The number of para-hydroxylation sites is 1. The average Bonchev–Trinajstić information content (AvgIpc) is 2.91. The van der Waals surface area contributed by atoms with E-state index in [2.05, 4.69) is 5.32 Å². The highest BCUT2D eigenvalue weighted by Gasteiger charge is 2.41. The molecule has 0 aliphatic carbocycles. The summed E-state index contributed by atoms with van der Waals surface area (Å²) < 4.78 is 0. The number of hydrogen-bond acceptors (Lipinski definition) is 5. The van der Waals surface area contributed by atoms with Crippen LogP contribution in [0.1, 0.15) is 27.9 Å². The van der Waals surface area contributed by atoms with Gasteiger partial charge in [0, 0.05) is 6.42 Å². The molecule has 3 rings (SSSR count). The number of amides is 3. The Hall–Kier alpha value is -3.13. The lowest BCUT2D eigenvalue weighted by atomic mass is 10.1. The number of carbonyl (C=O) groups is 4. The highest BCUT2D eigenvalue weighted by molar-refractivity contribution is 8.15. The molecule has 1 aliphatic rings. The van der Waals surface area contributed by atoms with Crippen LogP contribution in [0.3, 0.4) is 0 Å². The van der Waals surface area contributed by atoms with E-state index in [-0.39, 0.29) is 17.7 Å². The van der Waals surface area contributed by atoms with Crippen molar-refractivity contribution in [3.8, 4) is 0 Å². The predicted octanol–water partition coefficient (Wildman–Crippen LogP) is 3.60. The third-order valence-electron chi connectivity index (χ3n) is 4.47. The topological polar surface area (TPSA) is 104 Å². The summed E-state index contributed by atoms with van der Waals surface area (Å²) in [4.78, 5) is 49.7. The number of anilines is 2. The highest BCUT2D eigenvalue weighted by atomic mass is 32.2. The number of carboxylic acid groups (broad SMARTS) is 1. The number of aromatic carboxylic acids is 1. The summed E-state index contributed by atoms with van der Waals surface area (Å²) in [5, 5.41) is 10.4. The van der Waals surface area contributed by atoms with Gasteiger partial charge in [0.05, 0.1) is 16.9 Å². The number of imide groups is 1. The number of nitrogens with zero attached hydrogens (tertiary/aromatic N) is 1. The smallest absolute Gasteiger partial charge is 0.337 e. The average molecular weight is 398 g/mol. The Morgan fingerprint density at radius 3 is 2.50 bits per heavy atom. The molecule has 0 spiro atoms. The van der Waals surface area contributed by atoms with Crippen LogP contribution in [0, 0.1) is 13.8 Å². The molecule has 1 aliphatic heterocycles. The zero-order valence-corrected chi connectivity index (χ0v) is 16.1. The molecule has 2 aromatic carbocycles. The van der Waals surface area contributed by atoms with Gasteiger partial charge in [0.1, 0.15) is 5.25 Å². The predicted molar refractivity (Wildman–Crippen MR) is 107 cm³/mol. The number of aryl methyl sites for hydroxylation is 2. The lowest BCUT2D eigenvalue weighted by Crippen LogP contribution is -2.33. The van der Waals surface area contributed by atoms with E-state index in [1.165, 1.54) is 12.1 Å². The van der Waals surface area contributed by atoms with Crippen LogP contribution >= 0.6 is 11.8 Å². The molecule has 7 nitrogen and oxygen atoms in total. The van der Waals surface area contributed by atoms with Gasteiger partial charge in [-0.3, -0.25) is 14.4 Å². The molecule has 0 radical (unpaired) electrons. The first-order valence-corrected chi connectivity index (χ1v) is 9.40. The van der Waals surface area contributed by atoms with Gasteiger partial charge in [-0.05, 0) is 61.0 Å². The maximum Gasteiger partial charge on any atom is 0.337 e. The number of thioether (sulfide) groups is 1. The first-order valence-electron chi connectivity index (χ1n) is 8.52. The fourth-order valence-corrected chi connectivity index (χ4v) is 3.82. The molecule has 0 bridgehead atoms. The van der Waals surface area contributed by atoms with Crippen molar-refractivity contribution in [1.29, 1.82) is 0 Å². The van der Waals surface area contributed by atoms with Crippen LogP contribution in [0.5, 0.6) is 0 Å². The van der Waals surface area contributed by atoms with Gasteiger partial charge in [-0.25, -0.2) is 9.69 Å². The summed E-state index contributed by atoms with van der Waals surface area (Å²) in [6.07, 6.45) is -0.232. The number of carboxylic acids is 1. The Labute approximate surface area is 165 Å². The molecule has 3 amide bonds. The number of benzene rings is 2. The Morgan fingerprint density at radius 2 is 1.82 bits per heavy atom. The van der Waals surface area contributed by atoms with E-state index >= 15 is 0 Å². The van der Waals surface area contributed by atoms with Gasteiger partial charge in [0.25, 0.3) is 5.24 Å². The molecule has 28 heavy (non-hydrogen) atoms. The SMILES string of the molecule is Cc1ccc(N2C(=O)SC(CC(=O)Nc3ccccc3C(=O)O)C2=O)cc1C. The second kappa shape index (κ2) is 7.85. The Kier molecular flexibility index (Phi) is 5.51. The normalized spacial score (nSPS) is 16.4. The van der Waals surface area contributed by atoms with Crippen LogP contribution in [-0.2, 0) is 9.59 Å². The summed E-state index contributed by atoms with van der Waals surface area (Å²) in [7, 11) is 0. The van der Waals surface area contributed by atoms with Gasteiger partial charge in [-0.1, -0.05) is 18.2 Å². The number of carbonyl (C=O) groups excluding carboxylic acids is 3.